The van der Waals surface area contributed by atoms with E-state index in [1.54, 1.807) is 0 Å². The summed E-state index contributed by atoms with van der Waals surface area (Å²) in [5.74, 6) is -10.9. The van der Waals surface area contributed by atoms with E-state index in [9.17, 15) is 22.0 Å². The Morgan fingerprint density at radius 3 is 2.14 bits per heavy atom. The maximum atomic E-state index is 13.6. The highest BCUT2D eigenvalue weighted by molar-refractivity contribution is 5.56. The number of oxazole rings is 1. The molecular formula is C13H11F5N2O. The lowest BCUT2D eigenvalue weighted by molar-refractivity contribution is 0.378. The molecule has 0 bridgehead atoms. The Morgan fingerprint density at radius 2 is 1.57 bits per heavy atom. The second-order valence-corrected chi connectivity index (χ2v) is 4.27. The van der Waals surface area contributed by atoms with Crippen LogP contribution in [-0.2, 0) is 6.54 Å². The zero-order chi connectivity index (χ0) is 15.6. The first-order valence-corrected chi connectivity index (χ1v) is 6.14. The molecule has 1 aromatic carbocycles. The fraction of sp³-hybridized carbons (Fsp3) is 0.308. The van der Waals surface area contributed by atoms with Crippen LogP contribution in [0, 0.1) is 29.1 Å². The van der Waals surface area contributed by atoms with Crippen LogP contribution in [0.15, 0.2) is 10.7 Å². The van der Waals surface area contributed by atoms with Gasteiger partial charge in [-0.25, -0.2) is 26.9 Å². The highest BCUT2D eigenvalue weighted by Crippen LogP contribution is 2.30. The van der Waals surface area contributed by atoms with Gasteiger partial charge in [0.15, 0.2) is 23.3 Å². The minimum absolute atomic E-state index is 0.257. The first-order valence-electron chi connectivity index (χ1n) is 6.14. The van der Waals surface area contributed by atoms with E-state index in [2.05, 4.69) is 10.3 Å². The minimum atomic E-state index is -2.22. The standard InChI is InChI=1S/C13H11F5N2O/c1-2-3-19-4-6-5-21-13(20-6)7-8(14)10(16)12(18)11(17)9(7)15/h5,19H,2-4H2,1H3. The largest absolute Gasteiger partial charge is 0.444 e. The first kappa shape index (κ1) is 15.4. The predicted octanol–water partition coefficient (Wildman–Crippen LogP) is 3.54. The number of benzene rings is 1. The second-order valence-electron chi connectivity index (χ2n) is 4.27. The van der Waals surface area contributed by atoms with Gasteiger partial charge < -0.3 is 9.73 Å². The van der Waals surface area contributed by atoms with Crippen LogP contribution < -0.4 is 5.32 Å². The smallest absolute Gasteiger partial charge is 0.232 e. The van der Waals surface area contributed by atoms with Crippen molar-refractivity contribution >= 4 is 0 Å². The third-order valence-electron chi connectivity index (χ3n) is 2.71. The summed E-state index contributed by atoms with van der Waals surface area (Å²) < 4.78 is 71.1. The molecule has 0 saturated heterocycles. The fourth-order valence-corrected chi connectivity index (χ4v) is 1.69. The molecule has 2 aromatic rings. The number of hydrogen-bond donors (Lipinski definition) is 1. The van der Waals surface area contributed by atoms with Gasteiger partial charge >= 0.3 is 0 Å². The van der Waals surface area contributed by atoms with Gasteiger partial charge in [0.1, 0.15) is 11.8 Å². The summed E-state index contributed by atoms with van der Waals surface area (Å²) in [6.07, 6.45) is 1.96. The highest BCUT2D eigenvalue weighted by atomic mass is 19.2. The summed E-state index contributed by atoms with van der Waals surface area (Å²) in [5.41, 5.74) is -0.879. The summed E-state index contributed by atoms with van der Waals surface area (Å²) in [7, 11) is 0. The van der Waals surface area contributed by atoms with Crippen molar-refractivity contribution in [1.82, 2.24) is 10.3 Å². The van der Waals surface area contributed by atoms with Gasteiger partial charge in [-0.1, -0.05) is 6.92 Å². The van der Waals surface area contributed by atoms with E-state index in [1.165, 1.54) is 0 Å². The van der Waals surface area contributed by atoms with Crippen molar-refractivity contribution in [2.75, 3.05) is 6.54 Å². The Hall–Kier alpha value is -1.96. The lowest BCUT2D eigenvalue weighted by atomic mass is 10.1. The van der Waals surface area contributed by atoms with Crippen LogP contribution in [-0.4, -0.2) is 11.5 Å². The molecule has 1 aromatic heterocycles. The first-order chi connectivity index (χ1) is 9.97. The Balaban J connectivity index is 2.39. The van der Waals surface area contributed by atoms with Crippen LogP contribution in [0.5, 0.6) is 0 Å². The summed E-state index contributed by atoms with van der Waals surface area (Å²) in [5, 5.41) is 2.96. The van der Waals surface area contributed by atoms with Crippen LogP contribution in [0.25, 0.3) is 11.5 Å². The summed E-state index contributed by atoms with van der Waals surface area (Å²) in [4.78, 5) is 3.72. The number of halogens is 5. The molecule has 114 valence electrons. The molecule has 3 nitrogen and oxygen atoms in total. The molecule has 1 N–H and O–H groups in total. The monoisotopic (exact) mass is 306 g/mol. The fourth-order valence-electron chi connectivity index (χ4n) is 1.69. The molecule has 0 spiro atoms. The maximum Gasteiger partial charge on any atom is 0.232 e. The molecule has 0 aliphatic heterocycles. The topological polar surface area (TPSA) is 38.1 Å². The van der Waals surface area contributed by atoms with Crippen LogP contribution >= 0.6 is 0 Å². The van der Waals surface area contributed by atoms with E-state index in [1.807, 2.05) is 6.92 Å². The van der Waals surface area contributed by atoms with Gasteiger partial charge in [0.2, 0.25) is 11.7 Å². The minimum Gasteiger partial charge on any atom is -0.444 e. The van der Waals surface area contributed by atoms with Gasteiger partial charge in [0.25, 0.3) is 0 Å². The van der Waals surface area contributed by atoms with E-state index in [0.29, 0.717) is 12.2 Å². The molecule has 0 amide bonds. The van der Waals surface area contributed by atoms with Crippen molar-refractivity contribution in [1.29, 1.82) is 0 Å². The van der Waals surface area contributed by atoms with Crippen molar-refractivity contribution < 1.29 is 26.4 Å². The van der Waals surface area contributed by atoms with Gasteiger partial charge in [0.05, 0.1) is 5.69 Å². The third kappa shape index (κ3) is 2.90. The van der Waals surface area contributed by atoms with E-state index in [4.69, 9.17) is 4.42 Å². The number of rotatable bonds is 5. The maximum absolute atomic E-state index is 13.6. The van der Waals surface area contributed by atoms with Crippen molar-refractivity contribution in [3.63, 3.8) is 0 Å². The van der Waals surface area contributed by atoms with E-state index >= 15 is 0 Å². The number of hydrogen-bond acceptors (Lipinski definition) is 3. The van der Waals surface area contributed by atoms with Crippen molar-refractivity contribution in [2.24, 2.45) is 0 Å². The molecule has 0 fully saturated rings. The van der Waals surface area contributed by atoms with Gasteiger partial charge in [0, 0.05) is 6.54 Å². The Labute approximate surface area is 116 Å². The number of nitrogens with one attached hydrogen (secondary N) is 1. The SMILES string of the molecule is CCCNCc1coc(-c2c(F)c(F)c(F)c(F)c2F)n1. The number of aromatic nitrogens is 1. The lowest BCUT2D eigenvalue weighted by Gasteiger charge is -2.04. The van der Waals surface area contributed by atoms with Crippen LogP contribution in [0.4, 0.5) is 22.0 Å². The molecule has 1 heterocycles. The molecule has 0 aliphatic carbocycles. The molecule has 0 radical (unpaired) electrons. The van der Waals surface area contributed by atoms with Crippen LogP contribution in [0.1, 0.15) is 19.0 Å². The predicted molar refractivity (Wildman–Crippen MR) is 63.7 cm³/mol. The van der Waals surface area contributed by atoms with E-state index in [0.717, 1.165) is 12.7 Å². The number of nitrogens with zero attached hydrogens (tertiary/aromatic N) is 1. The van der Waals surface area contributed by atoms with Crippen molar-refractivity contribution in [3.8, 4) is 11.5 Å². The van der Waals surface area contributed by atoms with Crippen LogP contribution in [0.2, 0.25) is 0 Å². The Morgan fingerprint density at radius 1 is 1.00 bits per heavy atom. The average molecular weight is 306 g/mol. The molecule has 0 aliphatic rings. The Bertz CT molecular complexity index is 627. The van der Waals surface area contributed by atoms with E-state index in [-0.39, 0.29) is 6.54 Å². The Kier molecular flexibility index (Phi) is 4.56. The quantitative estimate of drug-likeness (QED) is 0.397. The third-order valence-corrected chi connectivity index (χ3v) is 2.71. The molecule has 0 unspecified atom stereocenters. The molecule has 0 saturated carbocycles. The average Bonchev–Trinajstić information content (AvgIpc) is 2.92. The molecule has 2 rings (SSSR count). The molecule has 0 atom stereocenters. The summed E-state index contributed by atoms with van der Waals surface area (Å²) in [6, 6.07) is 0. The van der Waals surface area contributed by atoms with Crippen LogP contribution in [0.3, 0.4) is 0 Å². The van der Waals surface area contributed by atoms with Crippen molar-refractivity contribution in [3.05, 3.63) is 41.0 Å². The molecule has 21 heavy (non-hydrogen) atoms. The van der Waals surface area contributed by atoms with Gasteiger partial charge in [-0.2, -0.15) is 0 Å². The molecular weight excluding hydrogens is 295 g/mol. The zero-order valence-corrected chi connectivity index (χ0v) is 10.9. The second kappa shape index (κ2) is 6.21. The zero-order valence-electron chi connectivity index (χ0n) is 10.9. The van der Waals surface area contributed by atoms with Gasteiger partial charge in [-0.05, 0) is 13.0 Å². The van der Waals surface area contributed by atoms with Gasteiger partial charge in [-0.3, -0.25) is 0 Å². The normalized spacial score (nSPS) is 11.1. The van der Waals surface area contributed by atoms with E-state index < -0.39 is 40.5 Å². The highest BCUT2D eigenvalue weighted by Gasteiger charge is 2.29. The molecule has 8 heteroatoms. The van der Waals surface area contributed by atoms with Crippen molar-refractivity contribution in [2.45, 2.75) is 19.9 Å². The summed E-state index contributed by atoms with van der Waals surface area (Å²) >= 11 is 0. The van der Waals surface area contributed by atoms with Gasteiger partial charge in [-0.15, -0.1) is 0 Å². The lowest BCUT2D eigenvalue weighted by Crippen LogP contribution is -2.13. The summed E-state index contributed by atoms with van der Waals surface area (Å²) in [6.45, 7) is 2.88.